The molecule has 7 nitrogen and oxygen atoms in total. The van der Waals surface area contributed by atoms with E-state index in [2.05, 4.69) is 4.90 Å². The molecule has 1 aliphatic heterocycles. The van der Waals surface area contributed by atoms with Gasteiger partial charge >= 0.3 is 5.97 Å². The number of benzene rings is 2. The molecule has 0 unspecified atom stereocenters. The van der Waals surface area contributed by atoms with Crippen molar-refractivity contribution in [2.75, 3.05) is 44.8 Å². The molecule has 2 aromatic carbocycles. The van der Waals surface area contributed by atoms with E-state index in [1.165, 1.54) is 12.1 Å². The van der Waals surface area contributed by atoms with Gasteiger partial charge in [-0.2, -0.15) is 0 Å². The molecule has 34 heavy (non-hydrogen) atoms. The van der Waals surface area contributed by atoms with Gasteiger partial charge in [-0.25, -0.2) is 9.18 Å². The van der Waals surface area contributed by atoms with Crippen molar-refractivity contribution in [3.8, 4) is 11.4 Å². The van der Waals surface area contributed by atoms with E-state index < -0.39 is 5.97 Å². The Hall–Kier alpha value is -3.81. The molecule has 1 fully saturated rings. The van der Waals surface area contributed by atoms with Crippen LogP contribution >= 0.6 is 0 Å². The summed E-state index contributed by atoms with van der Waals surface area (Å²) in [6, 6.07) is 15.7. The highest BCUT2D eigenvalue weighted by atomic mass is 19.1. The molecular formula is C26H28FN3O4. The second kappa shape index (κ2) is 9.99. The first-order chi connectivity index (χ1) is 16.4. The molecule has 0 atom stereocenters. The fraction of sp³-hybridized carbons (Fsp3) is 0.308. The molecule has 178 valence electrons. The number of nitrogens with zero attached hydrogens (tertiary/aromatic N) is 3. The number of hydrogen-bond acceptors (Lipinski definition) is 5. The Morgan fingerprint density at radius 2 is 1.53 bits per heavy atom. The zero-order valence-corrected chi connectivity index (χ0v) is 19.6. The highest BCUT2D eigenvalue weighted by Crippen LogP contribution is 2.23. The summed E-state index contributed by atoms with van der Waals surface area (Å²) in [5.74, 6) is -0.269. The van der Waals surface area contributed by atoms with Gasteiger partial charge in [-0.15, -0.1) is 0 Å². The summed E-state index contributed by atoms with van der Waals surface area (Å²) in [6.07, 6.45) is 0. The SMILES string of the molecule is COc1ccc(-n2c(C)cc(C(=O)OCC(=O)N3CCN(c4ccc(F)cc4)CC3)c2C)cc1. The molecule has 0 bridgehead atoms. The number of amides is 1. The van der Waals surface area contributed by atoms with E-state index in [-0.39, 0.29) is 18.3 Å². The zero-order valence-electron chi connectivity index (χ0n) is 19.6. The molecule has 4 rings (SSSR count). The summed E-state index contributed by atoms with van der Waals surface area (Å²) >= 11 is 0. The summed E-state index contributed by atoms with van der Waals surface area (Å²) in [6.45, 7) is 5.76. The Labute approximate surface area is 198 Å². The minimum absolute atomic E-state index is 0.226. The van der Waals surface area contributed by atoms with Crippen molar-refractivity contribution in [3.05, 3.63) is 77.4 Å². The first-order valence-electron chi connectivity index (χ1n) is 11.2. The number of hydrogen-bond donors (Lipinski definition) is 0. The second-order valence-electron chi connectivity index (χ2n) is 8.24. The second-order valence-corrected chi connectivity index (χ2v) is 8.24. The number of carbonyl (C=O) groups excluding carboxylic acids is 2. The smallest absolute Gasteiger partial charge is 0.340 e. The molecule has 1 amide bonds. The first-order valence-corrected chi connectivity index (χ1v) is 11.2. The van der Waals surface area contributed by atoms with Gasteiger partial charge in [0.2, 0.25) is 0 Å². The topological polar surface area (TPSA) is 64.0 Å². The lowest BCUT2D eigenvalue weighted by Crippen LogP contribution is -2.49. The Morgan fingerprint density at radius 3 is 2.15 bits per heavy atom. The summed E-state index contributed by atoms with van der Waals surface area (Å²) in [5, 5.41) is 0. The lowest BCUT2D eigenvalue weighted by Gasteiger charge is -2.36. The van der Waals surface area contributed by atoms with Crippen LogP contribution in [0, 0.1) is 19.7 Å². The van der Waals surface area contributed by atoms with Gasteiger partial charge in [0, 0.05) is 48.9 Å². The molecule has 1 saturated heterocycles. The third-order valence-corrected chi connectivity index (χ3v) is 6.13. The Morgan fingerprint density at radius 1 is 0.912 bits per heavy atom. The number of aryl methyl sites for hydroxylation is 1. The number of anilines is 1. The number of ether oxygens (including phenoxy) is 2. The third-order valence-electron chi connectivity index (χ3n) is 6.13. The normalized spacial score (nSPS) is 13.6. The fourth-order valence-corrected chi connectivity index (χ4v) is 4.26. The van der Waals surface area contributed by atoms with Crippen molar-refractivity contribution in [1.29, 1.82) is 0 Å². The molecule has 0 saturated carbocycles. The number of esters is 1. The van der Waals surface area contributed by atoms with Gasteiger partial charge in [0.15, 0.2) is 6.61 Å². The van der Waals surface area contributed by atoms with Crippen LogP contribution in [0.1, 0.15) is 21.7 Å². The highest BCUT2D eigenvalue weighted by Gasteiger charge is 2.24. The van der Waals surface area contributed by atoms with Crippen LogP contribution in [0.3, 0.4) is 0 Å². The van der Waals surface area contributed by atoms with Crippen LogP contribution in [-0.4, -0.2) is 61.2 Å². The average molecular weight is 466 g/mol. The molecule has 0 aliphatic carbocycles. The van der Waals surface area contributed by atoms with Crippen molar-refractivity contribution in [2.24, 2.45) is 0 Å². The molecule has 0 spiro atoms. The molecule has 1 aliphatic rings. The minimum Gasteiger partial charge on any atom is -0.497 e. The summed E-state index contributed by atoms with van der Waals surface area (Å²) in [5.41, 5.74) is 3.89. The zero-order chi connectivity index (χ0) is 24.2. The van der Waals surface area contributed by atoms with Crippen molar-refractivity contribution in [2.45, 2.75) is 13.8 Å². The Kier molecular flexibility index (Phi) is 6.86. The van der Waals surface area contributed by atoms with E-state index in [0.717, 1.165) is 28.5 Å². The van der Waals surface area contributed by atoms with E-state index in [0.29, 0.717) is 31.7 Å². The van der Waals surface area contributed by atoms with Crippen LogP contribution in [0.15, 0.2) is 54.6 Å². The summed E-state index contributed by atoms with van der Waals surface area (Å²) < 4.78 is 25.7. The van der Waals surface area contributed by atoms with Gasteiger partial charge in [0.25, 0.3) is 5.91 Å². The van der Waals surface area contributed by atoms with E-state index >= 15 is 0 Å². The van der Waals surface area contributed by atoms with Gasteiger partial charge in [0.1, 0.15) is 11.6 Å². The van der Waals surface area contributed by atoms with Crippen LogP contribution in [0.25, 0.3) is 5.69 Å². The molecule has 2 heterocycles. The number of halogens is 1. The molecule has 1 aromatic heterocycles. The number of methoxy groups -OCH3 is 1. The molecule has 8 heteroatoms. The predicted molar refractivity (Wildman–Crippen MR) is 127 cm³/mol. The lowest BCUT2D eigenvalue weighted by molar-refractivity contribution is -0.134. The van der Waals surface area contributed by atoms with Crippen LogP contribution < -0.4 is 9.64 Å². The van der Waals surface area contributed by atoms with Gasteiger partial charge in [-0.3, -0.25) is 4.79 Å². The van der Waals surface area contributed by atoms with Crippen LogP contribution in [0.4, 0.5) is 10.1 Å². The molecular weight excluding hydrogens is 437 g/mol. The Bertz CT molecular complexity index is 1160. The summed E-state index contributed by atoms with van der Waals surface area (Å²) in [7, 11) is 1.61. The highest BCUT2D eigenvalue weighted by molar-refractivity contribution is 5.93. The maximum atomic E-state index is 13.1. The fourth-order valence-electron chi connectivity index (χ4n) is 4.26. The van der Waals surface area contributed by atoms with Gasteiger partial charge in [-0.1, -0.05) is 0 Å². The van der Waals surface area contributed by atoms with Crippen molar-refractivity contribution < 1.29 is 23.5 Å². The number of rotatable bonds is 6. The largest absolute Gasteiger partial charge is 0.497 e. The average Bonchev–Trinajstić information content (AvgIpc) is 3.16. The standard InChI is InChI=1S/C26H28FN3O4/c1-18-16-24(19(2)30(18)22-8-10-23(33-3)11-9-22)26(32)34-17-25(31)29-14-12-28(13-15-29)21-6-4-20(27)5-7-21/h4-11,16H,12-15,17H2,1-3H3. The van der Waals surface area contributed by atoms with E-state index in [9.17, 15) is 14.0 Å². The van der Waals surface area contributed by atoms with E-state index in [4.69, 9.17) is 9.47 Å². The van der Waals surface area contributed by atoms with Crippen LogP contribution in [-0.2, 0) is 9.53 Å². The van der Waals surface area contributed by atoms with Gasteiger partial charge < -0.3 is 23.8 Å². The van der Waals surface area contributed by atoms with Gasteiger partial charge in [0.05, 0.1) is 12.7 Å². The maximum Gasteiger partial charge on any atom is 0.340 e. The van der Waals surface area contributed by atoms with Gasteiger partial charge in [-0.05, 0) is 68.4 Å². The summed E-state index contributed by atoms with van der Waals surface area (Å²) in [4.78, 5) is 29.2. The third kappa shape index (κ3) is 4.90. The van der Waals surface area contributed by atoms with E-state index in [1.54, 1.807) is 30.2 Å². The molecule has 3 aromatic rings. The monoisotopic (exact) mass is 465 g/mol. The maximum absolute atomic E-state index is 13.1. The quantitative estimate of drug-likeness (QED) is 0.519. The Balaban J connectivity index is 1.34. The number of aromatic nitrogens is 1. The van der Waals surface area contributed by atoms with Crippen LogP contribution in [0.2, 0.25) is 0 Å². The van der Waals surface area contributed by atoms with Crippen molar-refractivity contribution in [1.82, 2.24) is 9.47 Å². The first kappa shape index (κ1) is 23.4. The predicted octanol–water partition coefficient (Wildman–Crippen LogP) is 3.75. The van der Waals surface area contributed by atoms with E-state index in [1.807, 2.05) is 42.7 Å². The minimum atomic E-state index is -0.522. The molecule has 0 N–H and O–H groups in total. The lowest BCUT2D eigenvalue weighted by atomic mass is 10.2. The molecule has 0 radical (unpaired) electrons. The van der Waals surface area contributed by atoms with Crippen molar-refractivity contribution >= 4 is 17.6 Å². The van der Waals surface area contributed by atoms with Crippen molar-refractivity contribution in [3.63, 3.8) is 0 Å². The number of piperazine rings is 1. The number of carbonyl (C=O) groups is 2. The van der Waals surface area contributed by atoms with Crippen LogP contribution in [0.5, 0.6) is 5.75 Å².